The van der Waals surface area contributed by atoms with Crippen LogP contribution in [0.15, 0.2) is 34.9 Å². The van der Waals surface area contributed by atoms with Crippen molar-refractivity contribution in [2.45, 2.75) is 47.2 Å². The summed E-state index contributed by atoms with van der Waals surface area (Å²) in [6.07, 6.45) is 2.10. The minimum Gasteiger partial charge on any atom is -0.323 e. The molecule has 1 N–H and O–H groups in total. The molecule has 1 amide bonds. The number of aryl methyl sites for hydroxylation is 3. The number of benzene rings is 1. The SMILES string of the molecule is Cc1ccc(Cn2nc(C)c(NC(=O)CCn3ncc(Br)c3C)c2C)cc1. The molecule has 3 aromatic rings. The summed E-state index contributed by atoms with van der Waals surface area (Å²) in [5, 5.41) is 11.9. The Morgan fingerprint density at radius 3 is 2.41 bits per heavy atom. The van der Waals surface area contributed by atoms with E-state index in [0.29, 0.717) is 19.5 Å². The van der Waals surface area contributed by atoms with Crippen molar-refractivity contribution in [2.24, 2.45) is 0 Å². The van der Waals surface area contributed by atoms with Crippen LogP contribution >= 0.6 is 15.9 Å². The quantitative estimate of drug-likeness (QED) is 0.639. The van der Waals surface area contributed by atoms with E-state index >= 15 is 0 Å². The lowest BCUT2D eigenvalue weighted by atomic mass is 10.1. The number of nitrogens with zero attached hydrogens (tertiary/aromatic N) is 4. The van der Waals surface area contributed by atoms with Crippen LogP contribution in [0, 0.1) is 27.7 Å². The van der Waals surface area contributed by atoms with Crippen LogP contribution < -0.4 is 5.32 Å². The van der Waals surface area contributed by atoms with Gasteiger partial charge in [-0.1, -0.05) is 29.8 Å². The van der Waals surface area contributed by atoms with E-state index in [4.69, 9.17) is 0 Å². The van der Waals surface area contributed by atoms with Crippen LogP contribution in [0.5, 0.6) is 0 Å². The Morgan fingerprint density at radius 2 is 1.78 bits per heavy atom. The first kappa shape index (κ1) is 19.4. The summed E-state index contributed by atoms with van der Waals surface area (Å²) in [5.74, 6) is -0.0397. The summed E-state index contributed by atoms with van der Waals surface area (Å²) in [7, 11) is 0. The van der Waals surface area contributed by atoms with Crippen LogP contribution in [0.25, 0.3) is 0 Å². The first-order valence-electron chi connectivity index (χ1n) is 8.92. The van der Waals surface area contributed by atoms with Crippen LogP contribution in [-0.4, -0.2) is 25.5 Å². The van der Waals surface area contributed by atoms with Crippen LogP contribution in [0.3, 0.4) is 0 Å². The van der Waals surface area contributed by atoms with Gasteiger partial charge in [0.15, 0.2) is 0 Å². The molecule has 0 radical (unpaired) electrons. The summed E-state index contributed by atoms with van der Waals surface area (Å²) in [5.41, 5.74) is 6.01. The summed E-state index contributed by atoms with van der Waals surface area (Å²) in [4.78, 5) is 12.4. The Hall–Kier alpha value is -2.41. The van der Waals surface area contributed by atoms with E-state index in [1.165, 1.54) is 11.1 Å². The lowest BCUT2D eigenvalue weighted by molar-refractivity contribution is -0.116. The standard InChI is InChI=1S/C20H24BrN5O/c1-13-5-7-17(8-6-13)12-26-16(4)20(14(2)24-26)23-19(27)9-10-25-15(3)18(21)11-22-25/h5-8,11H,9-10,12H2,1-4H3,(H,23,27). The zero-order chi connectivity index (χ0) is 19.6. The van der Waals surface area contributed by atoms with Crippen molar-refractivity contribution in [3.8, 4) is 0 Å². The van der Waals surface area contributed by atoms with Crippen LogP contribution in [-0.2, 0) is 17.9 Å². The molecule has 6 nitrogen and oxygen atoms in total. The number of carbonyl (C=O) groups is 1. The van der Waals surface area contributed by atoms with Gasteiger partial charge in [-0.2, -0.15) is 10.2 Å². The van der Waals surface area contributed by atoms with Gasteiger partial charge in [0.25, 0.3) is 0 Å². The van der Waals surface area contributed by atoms with Crippen molar-refractivity contribution in [3.05, 3.63) is 63.1 Å². The molecule has 0 saturated carbocycles. The van der Waals surface area contributed by atoms with E-state index in [-0.39, 0.29) is 5.91 Å². The molecule has 0 aliphatic heterocycles. The molecule has 2 heterocycles. The predicted octanol–water partition coefficient (Wildman–Crippen LogP) is 4.15. The highest BCUT2D eigenvalue weighted by Crippen LogP contribution is 2.21. The number of halogens is 1. The average molecular weight is 430 g/mol. The Balaban J connectivity index is 1.66. The zero-order valence-electron chi connectivity index (χ0n) is 16.1. The summed E-state index contributed by atoms with van der Waals surface area (Å²) in [6.45, 7) is 9.17. The monoisotopic (exact) mass is 429 g/mol. The molecule has 0 atom stereocenters. The number of carbonyl (C=O) groups excluding carboxylic acids is 1. The maximum absolute atomic E-state index is 12.4. The first-order chi connectivity index (χ1) is 12.8. The van der Waals surface area contributed by atoms with Crippen LogP contribution in [0.2, 0.25) is 0 Å². The van der Waals surface area contributed by atoms with Crippen molar-refractivity contribution >= 4 is 27.5 Å². The normalized spacial score (nSPS) is 11.0. The van der Waals surface area contributed by atoms with Gasteiger partial charge in [0.05, 0.1) is 40.8 Å². The highest BCUT2D eigenvalue weighted by molar-refractivity contribution is 9.10. The molecular formula is C20H24BrN5O. The third-order valence-electron chi connectivity index (χ3n) is 4.69. The number of nitrogens with one attached hydrogen (secondary N) is 1. The Labute approximate surface area is 167 Å². The van der Waals surface area contributed by atoms with Gasteiger partial charge < -0.3 is 5.32 Å². The topological polar surface area (TPSA) is 64.7 Å². The molecule has 0 unspecified atom stereocenters. The largest absolute Gasteiger partial charge is 0.323 e. The Kier molecular flexibility index (Phi) is 5.79. The number of aromatic nitrogens is 4. The molecule has 0 spiro atoms. The Morgan fingerprint density at radius 1 is 1.07 bits per heavy atom. The Bertz CT molecular complexity index is 956. The number of rotatable bonds is 6. The highest BCUT2D eigenvalue weighted by Gasteiger charge is 2.15. The summed E-state index contributed by atoms with van der Waals surface area (Å²) in [6, 6.07) is 8.40. The number of anilines is 1. The number of amides is 1. The average Bonchev–Trinajstić information content (AvgIpc) is 3.09. The molecule has 0 saturated heterocycles. The number of hydrogen-bond acceptors (Lipinski definition) is 3. The molecule has 0 aliphatic rings. The summed E-state index contributed by atoms with van der Waals surface area (Å²) >= 11 is 3.43. The van der Waals surface area contributed by atoms with Gasteiger partial charge in [-0.15, -0.1) is 0 Å². The second-order valence-corrected chi connectivity index (χ2v) is 7.64. The van der Waals surface area contributed by atoms with Gasteiger partial charge in [-0.3, -0.25) is 14.2 Å². The molecular weight excluding hydrogens is 406 g/mol. The lowest BCUT2D eigenvalue weighted by Crippen LogP contribution is -2.16. The highest BCUT2D eigenvalue weighted by atomic mass is 79.9. The van der Waals surface area contributed by atoms with Gasteiger partial charge >= 0.3 is 0 Å². The van der Waals surface area contributed by atoms with Gasteiger partial charge in [-0.25, -0.2) is 0 Å². The zero-order valence-corrected chi connectivity index (χ0v) is 17.7. The molecule has 2 aromatic heterocycles. The maximum atomic E-state index is 12.4. The van der Waals surface area contributed by atoms with Crippen molar-refractivity contribution in [1.29, 1.82) is 0 Å². The molecule has 1 aromatic carbocycles. The van der Waals surface area contributed by atoms with Gasteiger partial charge in [0, 0.05) is 12.1 Å². The van der Waals surface area contributed by atoms with Crippen LogP contribution in [0.1, 0.15) is 34.6 Å². The van der Waals surface area contributed by atoms with E-state index in [1.54, 1.807) is 6.20 Å². The van der Waals surface area contributed by atoms with Crippen molar-refractivity contribution in [1.82, 2.24) is 19.6 Å². The summed E-state index contributed by atoms with van der Waals surface area (Å²) < 4.78 is 4.71. The molecule has 27 heavy (non-hydrogen) atoms. The van der Waals surface area contributed by atoms with Crippen LogP contribution in [0.4, 0.5) is 5.69 Å². The van der Waals surface area contributed by atoms with E-state index in [2.05, 4.69) is 62.6 Å². The third-order valence-corrected chi connectivity index (χ3v) is 5.47. The minimum atomic E-state index is -0.0397. The minimum absolute atomic E-state index is 0.0397. The lowest BCUT2D eigenvalue weighted by Gasteiger charge is -2.08. The van der Waals surface area contributed by atoms with Gasteiger partial charge in [0.1, 0.15) is 0 Å². The molecule has 3 rings (SSSR count). The van der Waals surface area contributed by atoms with E-state index in [1.807, 2.05) is 30.1 Å². The van der Waals surface area contributed by atoms with Gasteiger partial charge in [-0.05, 0) is 49.2 Å². The van der Waals surface area contributed by atoms with Crippen molar-refractivity contribution in [2.75, 3.05) is 5.32 Å². The second kappa shape index (κ2) is 8.08. The van der Waals surface area contributed by atoms with Crippen molar-refractivity contribution in [3.63, 3.8) is 0 Å². The van der Waals surface area contributed by atoms with Crippen molar-refractivity contribution < 1.29 is 4.79 Å². The fourth-order valence-corrected chi connectivity index (χ4v) is 3.25. The number of hydrogen-bond donors (Lipinski definition) is 1. The fraction of sp³-hybridized carbons (Fsp3) is 0.350. The first-order valence-corrected chi connectivity index (χ1v) is 9.71. The smallest absolute Gasteiger partial charge is 0.226 e. The van der Waals surface area contributed by atoms with E-state index in [9.17, 15) is 4.79 Å². The molecule has 0 aliphatic carbocycles. The fourth-order valence-electron chi connectivity index (χ4n) is 2.96. The second-order valence-electron chi connectivity index (χ2n) is 6.79. The third kappa shape index (κ3) is 4.47. The molecule has 0 fully saturated rings. The molecule has 7 heteroatoms. The van der Waals surface area contributed by atoms with E-state index < -0.39 is 0 Å². The van der Waals surface area contributed by atoms with E-state index in [0.717, 1.165) is 27.2 Å². The molecule has 142 valence electrons. The molecule has 0 bridgehead atoms. The maximum Gasteiger partial charge on any atom is 0.226 e. The predicted molar refractivity (Wildman–Crippen MR) is 110 cm³/mol. The van der Waals surface area contributed by atoms with Gasteiger partial charge in [0.2, 0.25) is 5.91 Å².